The summed E-state index contributed by atoms with van der Waals surface area (Å²) in [5.74, 6) is 0. The molecule has 0 unspecified atom stereocenters. The Bertz CT molecular complexity index is 1530. The average molecular weight is 458 g/mol. The minimum atomic E-state index is -0.184. The summed E-state index contributed by atoms with van der Waals surface area (Å²) < 4.78 is 0. The summed E-state index contributed by atoms with van der Waals surface area (Å²) in [6.07, 6.45) is 6.65. The lowest BCUT2D eigenvalue weighted by atomic mass is 9.74. The molecule has 176 valence electrons. The van der Waals surface area contributed by atoms with Crippen LogP contribution < -0.4 is 4.90 Å². The van der Waals surface area contributed by atoms with E-state index in [1.165, 1.54) is 49.6 Å². The number of rotatable bonds is 4. The Labute approximate surface area is 210 Å². The molecule has 0 spiro atoms. The smallest absolute Gasteiger partial charge is 0.0454 e. The van der Waals surface area contributed by atoms with Crippen molar-refractivity contribution in [3.05, 3.63) is 126 Å². The Morgan fingerprint density at radius 3 is 2.17 bits per heavy atom. The molecule has 0 N–H and O–H groups in total. The molecule has 1 aliphatic rings. The highest BCUT2D eigenvalue weighted by Crippen LogP contribution is 2.50. The first-order chi connectivity index (χ1) is 16.6. The van der Waals surface area contributed by atoms with Gasteiger partial charge in [-0.25, -0.2) is 0 Å². The normalized spacial score (nSPS) is 16.5. The number of benzene rings is 4. The maximum Gasteiger partial charge on any atom is 0.0454 e. The van der Waals surface area contributed by atoms with E-state index in [0.717, 1.165) is 5.57 Å². The number of anilines is 1. The summed E-state index contributed by atoms with van der Waals surface area (Å²) in [6.45, 7) is 16.0. The van der Waals surface area contributed by atoms with Crippen LogP contribution in [0.4, 0.5) is 5.69 Å². The van der Waals surface area contributed by atoms with Crippen molar-refractivity contribution in [1.82, 2.24) is 0 Å². The molecule has 1 aliphatic heterocycles. The van der Waals surface area contributed by atoms with Gasteiger partial charge in [-0.1, -0.05) is 113 Å². The van der Waals surface area contributed by atoms with Crippen LogP contribution in [-0.4, -0.2) is 7.05 Å². The van der Waals surface area contributed by atoms with E-state index >= 15 is 0 Å². The standard InChI is InChI=1S/C34H35N/c1-23-19-20-25-14-8-10-16-27(25)31(23)33(3,4)24(2)13-12-18-30-34(5,6)32-28-17-11-9-15-26(28)21-22-29(32)35(30)7/h8-22H,2H2,1,3-7H3/b13-12+,30-18+. The number of aryl methyl sites for hydroxylation is 1. The van der Waals surface area contributed by atoms with E-state index in [1.807, 2.05) is 0 Å². The molecule has 4 aromatic carbocycles. The van der Waals surface area contributed by atoms with E-state index in [9.17, 15) is 0 Å². The van der Waals surface area contributed by atoms with Crippen LogP contribution >= 0.6 is 0 Å². The third-order valence-electron chi connectivity index (χ3n) is 8.01. The van der Waals surface area contributed by atoms with Crippen molar-refractivity contribution >= 4 is 27.2 Å². The number of nitrogens with zero attached hydrogens (tertiary/aromatic N) is 1. The molecule has 0 atom stereocenters. The lowest BCUT2D eigenvalue weighted by Crippen LogP contribution is -2.23. The van der Waals surface area contributed by atoms with Crippen LogP contribution in [0.5, 0.6) is 0 Å². The molecule has 1 nitrogen and oxygen atoms in total. The summed E-state index contributed by atoms with van der Waals surface area (Å²) in [6, 6.07) is 26.3. The summed E-state index contributed by atoms with van der Waals surface area (Å²) in [4.78, 5) is 2.34. The highest BCUT2D eigenvalue weighted by Gasteiger charge is 2.39. The van der Waals surface area contributed by atoms with Gasteiger partial charge in [-0.15, -0.1) is 0 Å². The second-order valence-corrected chi connectivity index (χ2v) is 10.9. The molecule has 0 aliphatic carbocycles. The zero-order valence-corrected chi connectivity index (χ0v) is 21.8. The molecule has 5 rings (SSSR count). The minimum Gasteiger partial charge on any atom is -0.347 e. The molecule has 0 saturated heterocycles. The van der Waals surface area contributed by atoms with Crippen molar-refractivity contribution < 1.29 is 0 Å². The van der Waals surface area contributed by atoms with E-state index in [1.54, 1.807) is 0 Å². The topological polar surface area (TPSA) is 3.24 Å². The fourth-order valence-corrected chi connectivity index (χ4v) is 6.03. The first-order valence-corrected chi connectivity index (χ1v) is 12.5. The van der Waals surface area contributed by atoms with Gasteiger partial charge in [-0.2, -0.15) is 0 Å². The van der Waals surface area contributed by atoms with Crippen LogP contribution in [0.25, 0.3) is 21.5 Å². The molecule has 0 amide bonds. The SMILES string of the molecule is C=C(/C=C/C=C1/N(C)c2ccc3ccccc3c2C1(C)C)C(C)(C)c1c(C)ccc2ccccc12. The van der Waals surface area contributed by atoms with Gasteiger partial charge in [0.05, 0.1) is 0 Å². The second kappa shape index (κ2) is 8.27. The molecular formula is C34H35N. The number of hydrogen-bond acceptors (Lipinski definition) is 1. The molecule has 0 bridgehead atoms. The Morgan fingerprint density at radius 1 is 0.857 bits per heavy atom. The fourth-order valence-electron chi connectivity index (χ4n) is 6.03. The first kappa shape index (κ1) is 23.2. The lowest BCUT2D eigenvalue weighted by Gasteiger charge is -2.30. The Kier molecular flexibility index (Phi) is 5.48. The van der Waals surface area contributed by atoms with Crippen molar-refractivity contribution in [2.24, 2.45) is 0 Å². The molecule has 0 aromatic heterocycles. The van der Waals surface area contributed by atoms with Crippen molar-refractivity contribution in [1.29, 1.82) is 0 Å². The monoisotopic (exact) mass is 457 g/mol. The fraction of sp³-hybridized carbons (Fsp3) is 0.235. The first-order valence-electron chi connectivity index (χ1n) is 12.5. The molecule has 1 heterocycles. The van der Waals surface area contributed by atoms with Gasteiger partial charge in [0.1, 0.15) is 0 Å². The van der Waals surface area contributed by atoms with Gasteiger partial charge < -0.3 is 4.90 Å². The molecule has 0 saturated carbocycles. The van der Waals surface area contributed by atoms with E-state index in [4.69, 9.17) is 0 Å². The largest absolute Gasteiger partial charge is 0.347 e. The summed E-state index contributed by atoms with van der Waals surface area (Å²) >= 11 is 0. The summed E-state index contributed by atoms with van der Waals surface area (Å²) in [7, 11) is 2.18. The Hall–Kier alpha value is -3.58. The molecular weight excluding hydrogens is 422 g/mol. The minimum absolute atomic E-state index is 0.0850. The van der Waals surface area contributed by atoms with Crippen LogP contribution in [0.3, 0.4) is 0 Å². The molecule has 1 heteroatoms. The van der Waals surface area contributed by atoms with Gasteiger partial charge in [-0.3, -0.25) is 0 Å². The van der Waals surface area contributed by atoms with E-state index in [0.29, 0.717) is 0 Å². The zero-order valence-electron chi connectivity index (χ0n) is 21.8. The predicted molar refractivity (Wildman–Crippen MR) is 153 cm³/mol. The number of hydrogen-bond donors (Lipinski definition) is 0. The van der Waals surface area contributed by atoms with Crippen LogP contribution in [-0.2, 0) is 10.8 Å². The molecule has 4 aromatic rings. The average Bonchev–Trinajstić information content (AvgIpc) is 3.04. The Balaban J connectivity index is 1.50. The highest BCUT2D eigenvalue weighted by molar-refractivity contribution is 5.94. The highest BCUT2D eigenvalue weighted by atomic mass is 15.2. The van der Waals surface area contributed by atoms with E-state index in [-0.39, 0.29) is 10.8 Å². The van der Waals surface area contributed by atoms with Crippen molar-refractivity contribution in [3.63, 3.8) is 0 Å². The van der Waals surface area contributed by atoms with Crippen LogP contribution in [0.2, 0.25) is 0 Å². The number of likely N-dealkylation sites (N-methyl/N-ethyl adjacent to an activating group) is 1. The van der Waals surface area contributed by atoms with Gasteiger partial charge in [0.25, 0.3) is 0 Å². The van der Waals surface area contributed by atoms with Gasteiger partial charge >= 0.3 is 0 Å². The van der Waals surface area contributed by atoms with Gasteiger partial charge in [0.2, 0.25) is 0 Å². The van der Waals surface area contributed by atoms with E-state index in [2.05, 4.69) is 144 Å². The molecule has 35 heavy (non-hydrogen) atoms. The van der Waals surface area contributed by atoms with Crippen LogP contribution in [0.15, 0.2) is 109 Å². The van der Waals surface area contributed by atoms with Gasteiger partial charge in [0.15, 0.2) is 0 Å². The molecule has 0 fully saturated rings. The van der Waals surface area contributed by atoms with E-state index < -0.39 is 0 Å². The van der Waals surface area contributed by atoms with Gasteiger partial charge in [0, 0.05) is 29.3 Å². The van der Waals surface area contributed by atoms with Crippen molar-refractivity contribution in [2.75, 3.05) is 11.9 Å². The Morgan fingerprint density at radius 2 is 1.46 bits per heavy atom. The quantitative estimate of drug-likeness (QED) is 0.276. The van der Waals surface area contributed by atoms with Crippen molar-refractivity contribution in [2.45, 2.75) is 45.4 Å². The third-order valence-corrected chi connectivity index (χ3v) is 8.01. The third kappa shape index (κ3) is 3.62. The van der Waals surface area contributed by atoms with Gasteiger partial charge in [-0.05, 0) is 62.9 Å². The summed E-state index contributed by atoms with van der Waals surface area (Å²) in [5.41, 5.74) is 7.49. The zero-order chi connectivity index (χ0) is 25.0. The predicted octanol–water partition coefficient (Wildman–Crippen LogP) is 9.00. The molecule has 0 radical (unpaired) electrons. The van der Waals surface area contributed by atoms with Crippen molar-refractivity contribution in [3.8, 4) is 0 Å². The van der Waals surface area contributed by atoms with Crippen LogP contribution in [0.1, 0.15) is 44.4 Å². The lowest BCUT2D eigenvalue weighted by molar-refractivity contribution is 0.641. The maximum absolute atomic E-state index is 4.52. The maximum atomic E-state index is 4.52. The second-order valence-electron chi connectivity index (χ2n) is 10.9. The number of fused-ring (bicyclic) bond motifs is 4. The van der Waals surface area contributed by atoms with Crippen LogP contribution in [0, 0.1) is 6.92 Å². The summed E-state index contributed by atoms with van der Waals surface area (Å²) in [5, 5.41) is 5.22. The number of allylic oxidation sites excluding steroid dienone is 5.